The Bertz CT molecular complexity index is 1220. The van der Waals surface area contributed by atoms with Crippen LogP contribution in [-0.2, 0) is 20.9 Å². The zero-order valence-electron chi connectivity index (χ0n) is 18.4. The van der Waals surface area contributed by atoms with Crippen LogP contribution in [0.5, 0.6) is 0 Å². The van der Waals surface area contributed by atoms with Gasteiger partial charge in [-0.15, -0.1) is 0 Å². The van der Waals surface area contributed by atoms with E-state index >= 15 is 4.39 Å². The molecule has 1 atom stereocenters. The Morgan fingerprint density at radius 2 is 1.75 bits per heavy atom. The predicted octanol–water partition coefficient (Wildman–Crippen LogP) is 5.20. The van der Waals surface area contributed by atoms with E-state index in [1.165, 1.54) is 29.2 Å². The van der Waals surface area contributed by atoms with Crippen LogP contribution in [0.3, 0.4) is 0 Å². The first kappa shape index (κ1) is 25.3. The Morgan fingerprint density at radius 3 is 2.31 bits per heavy atom. The van der Waals surface area contributed by atoms with E-state index in [0.717, 1.165) is 18.2 Å². The van der Waals surface area contributed by atoms with Crippen molar-refractivity contribution in [1.29, 1.82) is 0 Å². The van der Waals surface area contributed by atoms with Crippen LogP contribution in [0.4, 0.5) is 22.0 Å². The first-order valence-corrected chi connectivity index (χ1v) is 13.0. The van der Waals surface area contributed by atoms with Gasteiger partial charge < -0.3 is 4.90 Å². The van der Waals surface area contributed by atoms with Crippen molar-refractivity contribution in [2.24, 2.45) is 5.92 Å². The molecule has 6 nitrogen and oxygen atoms in total. The summed E-state index contributed by atoms with van der Waals surface area (Å²) in [6, 6.07) is 8.17. The second-order valence-electron chi connectivity index (χ2n) is 9.22. The average Bonchev–Trinajstić information content (AvgIpc) is 3.21. The van der Waals surface area contributed by atoms with Gasteiger partial charge in [-0.05, 0) is 35.4 Å². The number of amides is 1. The van der Waals surface area contributed by atoms with Crippen LogP contribution in [0.1, 0.15) is 16.7 Å². The number of benzene rings is 2. The topological polar surface area (TPSA) is 82.0 Å². The van der Waals surface area contributed by atoms with E-state index in [1.54, 1.807) is 0 Å². The van der Waals surface area contributed by atoms with Crippen LogP contribution < -0.4 is 5.48 Å². The lowest BCUT2D eigenvalue weighted by atomic mass is 9.86. The number of hydroxylamine groups is 1. The quantitative estimate of drug-likeness (QED) is 0.456. The molecule has 0 radical (unpaired) electrons. The molecule has 0 saturated carbocycles. The number of rotatable bonds is 4. The monoisotopic (exact) mass is 550 g/mol. The highest BCUT2D eigenvalue weighted by Crippen LogP contribution is 2.53. The first-order chi connectivity index (χ1) is 16.7. The highest BCUT2D eigenvalue weighted by molar-refractivity contribution is 8.25. The van der Waals surface area contributed by atoms with E-state index in [0.29, 0.717) is 6.07 Å². The Labute approximate surface area is 209 Å². The summed E-state index contributed by atoms with van der Waals surface area (Å²) in [5.74, 6) is -1.83. The summed E-state index contributed by atoms with van der Waals surface area (Å²) >= 11 is 5.76. The van der Waals surface area contributed by atoms with Gasteiger partial charge in [-0.3, -0.25) is 24.2 Å². The average molecular weight is 551 g/mol. The van der Waals surface area contributed by atoms with Gasteiger partial charge in [-0.1, -0.05) is 35.9 Å². The Morgan fingerprint density at radius 1 is 1.11 bits per heavy atom. The lowest BCUT2D eigenvalue weighted by molar-refractivity contribution is -0.269. The number of likely N-dealkylation sites (tertiary alicyclic amines) is 1. The second-order valence-corrected chi connectivity index (χ2v) is 11.9. The molecule has 194 valence electrons. The molecule has 0 bridgehead atoms. The molecule has 2 saturated heterocycles. The van der Waals surface area contributed by atoms with Gasteiger partial charge in [0.15, 0.2) is 5.67 Å². The standard InChI is InChI=1S/C23H20ClF5N2O4S/c24-17-5-16(6-18(25)7-17)22(23(27,28)29)8-19(30-35-22)13-1-3-15(4-2-13)21(26)11-31(12-21)20(32)14-9-36(33,34)10-14/h1-8,14,30,33-34H,9-12H2. The van der Waals surface area contributed by atoms with Gasteiger partial charge in [0.05, 0.1) is 36.2 Å². The third kappa shape index (κ3) is 4.24. The maximum atomic E-state index is 15.3. The number of carbonyl (C=O) groups excluding carboxylic acids is 1. The van der Waals surface area contributed by atoms with Crippen molar-refractivity contribution < 1.29 is 40.7 Å². The van der Waals surface area contributed by atoms with Crippen molar-refractivity contribution in [1.82, 2.24) is 10.4 Å². The van der Waals surface area contributed by atoms with Gasteiger partial charge >= 0.3 is 6.18 Å². The fourth-order valence-electron chi connectivity index (χ4n) is 4.60. The molecule has 0 aromatic heterocycles. The molecular weight excluding hydrogens is 531 g/mol. The van der Waals surface area contributed by atoms with Crippen molar-refractivity contribution in [2.75, 3.05) is 24.6 Å². The molecule has 36 heavy (non-hydrogen) atoms. The van der Waals surface area contributed by atoms with Crippen molar-refractivity contribution >= 4 is 33.8 Å². The highest BCUT2D eigenvalue weighted by Gasteiger charge is 2.60. The molecule has 3 heterocycles. The highest BCUT2D eigenvalue weighted by atomic mass is 35.5. The van der Waals surface area contributed by atoms with Gasteiger partial charge in [0.1, 0.15) is 5.82 Å². The molecule has 3 N–H and O–H groups in total. The van der Waals surface area contributed by atoms with E-state index in [2.05, 4.69) is 5.48 Å². The lowest BCUT2D eigenvalue weighted by Gasteiger charge is -2.51. The summed E-state index contributed by atoms with van der Waals surface area (Å²) in [6.07, 6.45) is -4.19. The van der Waals surface area contributed by atoms with E-state index in [9.17, 15) is 31.5 Å². The third-order valence-corrected chi connectivity index (χ3v) is 8.67. The van der Waals surface area contributed by atoms with Crippen LogP contribution in [-0.4, -0.2) is 50.7 Å². The number of carbonyl (C=O) groups is 1. The van der Waals surface area contributed by atoms with Crippen LogP contribution >= 0.6 is 22.2 Å². The van der Waals surface area contributed by atoms with Crippen molar-refractivity contribution in [3.63, 3.8) is 0 Å². The predicted molar refractivity (Wildman–Crippen MR) is 123 cm³/mol. The van der Waals surface area contributed by atoms with Gasteiger partial charge in [0.25, 0.3) is 0 Å². The molecule has 2 aromatic carbocycles. The number of hydrogen-bond acceptors (Lipinski definition) is 5. The van der Waals surface area contributed by atoms with Gasteiger partial charge in [0.2, 0.25) is 11.5 Å². The molecule has 13 heteroatoms. The third-order valence-electron chi connectivity index (χ3n) is 6.58. The summed E-state index contributed by atoms with van der Waals surface area (Å²) in [5, 5.41) is -0.227. The minimum atomic E-state index is -4.96. The van der Waals surface area contributed by atoms with Gasteiger partial charge in [-0.25, -0.2) is 8.78 Å². The van der Waals surface area contributed by atoms with E-state index in [4.69, 9.17) is 16.4 Å². The van der Waals surface area contributed by atoms with E-state index in [1.807, 2.05) is 0 Å². The summed E-state index contributed by atoms with van der Waals surface area (Å²) in [7, 11) is -2.69. The number of nitrogens with zero attached hydrogens (tertiary/aromatic N) is 1. The second kappa shape index (κ2) is 8.32. The Balaban J connectivity index is 1.33. The molecule has 3 aliphatic heterocycles. The molecule has 1 amide bonds. The number of hydrogen-bond donors (Lipinski definition) is 3. The zero-order valence-corrected chi connectivity index (χ0v) is 19.9. The van der Waals surface area contributed by atoms with Crippen molar-refractivity contribution in [3.8, 4) is 0 Å². The molecule has 0 aliphatic carbocycles. The van der Waals surface area contributed by atoms with Crippen LogP contribution in [0.2, 0.25) is 5.02 Å². The number of alkyl halides is 4. The van der Waals surface area contributed by atoms with Crippen LogP contribution in [0.25, 0.3) is 5.70 Å². The van der Waals surface area contributed by atoms with E-state index in [-0.39, 0.29) is 52.3 Å². The van der Waals surface area contributed by atoms with Crippen LogP contribution in [0, 0.1) is 11.7 Å². The zero-order chi connectivity index (χ0) is 26.1. The molecule has 2 aromatic rings. The Hall–Kier alpha value is -2.38. The summed E-state index contributed by atoms with van der Waals surface area (Å²) in [6.45, 7) is -0.412. The summed E-state index contributed by atoms with van der Waals surface area (Å²) in [4.78, 5) is 18.6. The molecule has 3 aliphatic rings. The largest absolute Gasteiger partial charge is 0.428 e. The smallest absolute Gasteiger partial charge is 0.335 e. The van der Waals surface area contributed by atoms with Crippen LogP contribution in [0.15, 0.2) is 48.5 Å². The minimum Gasteiger partial charge on any atom is -0.335 e. The molecule has 1 unspecified atom stereocenters. The maximum Gasteiger partial charge on any atom is 0.428 e. The van der Waals surface area contributed by atoms with Crippen molar-refractivity contribution in [2.45, 2.75) is 17.4 Å². The SMILES string of the molecule is O=C(C1CS(O)(O)C1)N1CC(F)(c2ccc(C3=CC(c4cc(F)cc(Cl)c4)(C(F)(F)F)ON3)cc2)C1. The fourth-order valence-corrected chi connectivity index (χ4v) is 6.29. The molecule has 2 fully saturated rings. The minimum absolute atomic E-state index is 0.0122. The molecular formula is C23H20ClF5N2O4S. The lowest BCUT2D eigenvalue weighted by Crippen LogP contribution is -2.62. The Kier molecular flexibility index (Phi) is 5.84. The summed E-state index contributed by atoms with van der Waals surface area (Å²) < 4.78 is 90.3. The summed E-state index contributed by atoms with van der Waals surface area (Å²) in [5.41, 5.74) is -2.68. The first-order valence-electron chi connectivity index (χ1n) is 10.7. The normalized spacial score (nSPS) is 25.9. The molecule has 5 rings (SSSR count). The maximum absolute atomic E-state index is 15.3. The molecule has 0 spiro atoms. The van der Waals surface area contributed by atoms with Crippen molar-refractivity contribution in [3.05, 3.63) is 76.1 Å². The van der Waals surface area contributed by atoms with Gasteiger partial charge in [0, 0.05) is 10.6 Å². The fraction of sp³-hybridized carbons (Fsp3) is 0.348. The number of nitrogens with one attached hydrogen (secondary N) is 1. The van der Waals surface area contributed by atoms with E-state index < -0.39 is 45.3 Å². The van der Waals surface area contributed by atoms with Gasteiger partial charge in [-0.2, -0.15) is 23.8 Å². The number of halogens is 6.